The number of fused-ring (bicyclic) bond motifs is 1. The van der Waals surface area contributed by atoms with Crippen molar-refractivity contribution in [1.29, 1.82) is 0 Å². The van der Waals surface area contributed by atoms with Crippen LogP contribution in [0.5, 0.6) is 0 Å². The van der Waals surface area contributed by atoms with Crippen LogP contribution in [0.25, 0.3) is 6.08 Å². The van der Waals surface area contributed by atoms with Gasteiger partial charge in [-0.15, -0.1) is 0 Å². The van der Waals surface area contributed by atoms with Gasteiger partial charge in [-0.1, -0.05) is 46.3 Å². The summed E-state index contributed by atoms with van der Waals surface area (Å²) < 4.78 is 6.16. The van der Waals surface area contributed by atoms with E-state index in [-0.39, 0.29) is 12.1 Å². The highest BCUT2D eigenvalue weighted by Crippen LogP contribution is 2.28. The third-order valence-electron chi connectivity index (χ3n) is 3.56. The zero-order chi connectivity index (χ0) is 16.2. The Kier molecular flexibility index (Phi) is 4.67. The van der Waals surface area contributed by atoms with E-state index in [0.29, 0.717) is 12.3 Å². The molecule has 1 aliphatic rings. The Morgan fingerprint density at radius 1 is 1.13 bits per heavy atom. The van der Waals surface area contributed by atoms with Gasteiger partial charge in [-0.05, 0) is 42.3 Å². The highest BCUT2D eigenvalue weighted by atomic mass is 79.9. The van der Waals surface area contributed by atoms with Crippen LogP contribution in [-0.2, 0) is 9.53 Å². The summed E-state index contributed by atoms with van der Waals surface area (Å²) >= 11 is 3.44. The van der Waals surface area contributed by atoms with Crippen molar-refractivity contribution in [2.45, 2.75) is 13.1 Å². The maximum atomic E-state index is 12.2. The molecule has 2 aromatic rings. The molecule has 2 N–H and O–H groups in total. The molecule has 5 heteroatoms. The number of nitrogens with one attached hydrogen (secondary N) is 2. The monoisotopic (exact) mass is 372 g/mol. The molecule has 0 aliphatic carbocycles. The zero-order valence-corrected chi connectivity index (χ0v) is 14.3. The van der Waals surface area contributed by atoms with Crippen LogP contribution in [0.3, 0.4) is 0 Å². The second kappa shape index (κ2) is 6.87. The molecular weight excluding hydrogens is 356 g/mol. The fraction of sp³-hybridized carbons (Fsp3) is 0.167. The lowest BCUT2D eigenvalue weighted by Crippen LogP contribution is -2.30. The number of esters is 1. The van der Waals surface area contributed by atoms with Gasteiger partial charge in [-0.3, -0.25) is 0 Å². The summed E-state index contributed by atoms with van der Waals surface area (Å²) in [4.78, 5) is 12.2. The molecule has 0 amide bonds. The minimum Gasteiger partial charge on any atom is -0.461 e. The standard InChI is InChI=1S/C18H17BrN2O2/c1-2-23-18(22)16-11-13-5-3-4-6-15(13)20-17(21-16)12-7-9-14(19)10-8-12/h3-11,17,20-21H,2H2,1H3. The molecule has 1 atom stereocenters. The van der Waals surface area contributed by atoms with E-state index in [1.165, 1.54) is 0 Å². The molecule has 4 nitrogen and oxygen atoms in total. The molecule has 3 rings (SSSR count). The van der Waals surface area contributed by atoms with Crippen LogP contribution in [0.15, 0.2) is 58.7 Å². The molecule has 0 aromatic heterocycles. The Bertz CT molecular complexity index is 741. The van der Waals surface area contributed by atoms with E-state index in [4.69, 9.17) is 4.74 Å². The predicted octanol–water partition coefficient (Wildman–Crippen LogP) is 4.07. The third kappa shape index (κ3) is 3.56. The van der Waals surface area contributed by atoms with Gasteiger partial charge >= 0.3 is 5.97 Å². The largest absolute Gasteiger partial charge is 0.461 e. The first-order valence-corrected chi connectivity index (χ1v) is 8.23. The van der Waals surface area contributed by atoms with Gasteiger partial charge in [0.2, 0.25) is 0 Å². The van der Waals surface area contributed by atoms with Gasteiger partial charge in [-0.2, -0.15) is 0 Å². The molecule has 1 aliphatic heterocycles. The van der Waals surface area contributed by atoms with Crippen molar-refractivity contribution in [1.82, 2.24) is 5.32 Å². The van der Waals surface area contributed by atoms with E-state index < -0.39 is 0 Å². The number of halogens is 1. The van der Waals surface area contributed by atoms with Gasteiger partial charge in [0.05, 0.1) is 6.61 Å². The van der Waals surface area contributed by atoms with Crippen molar-refractivity contribution in [2.24, 2.45) is 0 Å². The minimum atomic E-state index is -0.354. The molecule has 0 spiro atoms. The van der Waals surface area contributed by atoms with E-state index in [2.05, 4.69) is 26.6 Å². The van der Waals surface area contributed by atoms with Crippen LogP contribution >= 0.6 is 15.9 Å². The third-order valence-corrected chi connectivity index (χ3v) is 4.09. The van der Waals surface area contributed by atoms with Crippen LogP contribution in [0.1, 0.15) is 24.2 Å². The highest BCUT2D eigenvalue weighted by molar-refractivity contribution is 9.10. The number of carbonyl (C=O) groups excluding carboxylic acids is 1. The second-order valence-electron chi connectivity index (χ2n) is 5.14. The summed E-state index contributed by atoms with van der Waals surface area (Å²) in [6.45, 7) is 2.14. The molecule has 118 valence electrons. The average molecular weight is 373 g/mol. The molecule has 0 radical (unpaired) electrons. The first-order chi connectivity index (χ1) is 11.2. The summed E-state index contributed by atoms with van der Waals surface area (Å²) in [6.07, 6.45) is 1.60. The first kappa shape index (κ1) is 15.6. The van der Waals surface area contributed by atoms with Crippen molar-refractivity contribution >= 4 is 33.7 Å². The summed E-state index contributed by atoms with van der Waals surface area (Å²) in [6, 6.07) is 15.8. The van der Waals surface area contributed by atoms with Gasteiger partial charge < -0.3 is 15.4 Å². The number of anilines is 1. The molecular formula is C18H17BrN2O2. The lowest BCUT2D eigenvalue weighted by atomic mass is 10.1. The van der Waals surface area contributed by atoms with Crippen LogP contribution in [-0.4, -0.2) is 12.6 Å². The summed E-state index contributed by atoms with van der Waals surface area (Å²) in [5.74, 6) is -0.354. The lowest BCUT2D eigenvalue weighted by molar-refractivity contribution is -0.138. The maximum absolute atomic E-state index is 12.2. The van der Waals surface area contributed by atoms with Gasteiger partial charge in [0.25, 0.3) is 0 Å². The Morgan fingerprint density at radius 3 is 2.61 bits per heavy atom. The SMILES string of the molecule is CCOC(=O)C1=Cc2ccccc2NC(c2ccc(Br)cc2)N1. The lowest BCUT2D eigenvalue weighted by Gasteiger charge is -2.22. The van der Waals surface area contributed by atoms with Crippen LogP contribution in [0.2, 0.25) is 0 Å². The van der Waals surface area contributed by atoms with Gasteiger partial charge in [-0.25, -0.2) is 4.79 Å². The number of para-hydroxylation sites is 1. The predicted molar refractivity (Wildman–Crippen MR) is 94.7 cm³/mol. The van der Waals surface area contributed by atoms with E-state index >= 15 is 0 Å². The molecule has 0 saturated heterocycles. The molecule has 0 saturated carbocycles. The average Bonchev–Trinajstić information content (AvgIpc) is 2.75. The number of hydrogen-bond acceptors (Lipinski definition) is 4. The summed E-state index contributed by atoms with van der Waals surface area (Å²) in [7, 11) is 0. The quantitative estimate of drug-likeness (QED) is 0.797. The van der Waals surface area contributed by atoms with Crippen molar-refractivity contribution < 1.29 is 9.53 Å². The Hall–Kier alpha value is -2.27. The molecule has 1 heterocycles. The molecule has 1 unspecified atom stereocenters. The highest BCUT2D eigenvalue weighted by Gasteiger charge is 2.22. The summed E-state index contributed by atoms with van der Waals surface area (Å²) in [5, 5.41) is 6.68. The number of carbonyl (C=O) groups is 1. The van der Waals surface area contributed by atoms with Crippen molar-refractivity contribution in [3.63, 3.8) is 0 Å². The fourth-order valence-electron chi connectivity index (χ4n) is 2.45. The first-order valence-electron chi connectivity index (χ1n) is 7.44. The van der Waals surface area contributed by atoms with E-state index in [1.807, 2.05) is 54.6 Å². The van der Waals surface area contributed by atoms with Gasteiger partial charge in [0.1, 0.15) is 11.9 Å². The molecule has 0 bridgehead atoms. The van der Waals surface area contributed by atoms with Crippen molar-refractivity contribution in [2.75, 3.05) is 11.9 Å². The Balaban J connectivity index is 1.99. The van der Waals surface area contributed by atoms with E-state index in [9.17, 15) is 4.79 Å². The van der Waals surface area contributed by atoms with Crippen molar-refractivity contribution in [3.8, 4) is 0 Å². The van der Waals surface area contributed by atoms with Crippen LogP contribution < -0.4 is 10.6 Å². The van der Waals surface area contributed by atoms with Crippen LogP contribution in [0.4, 0.5) is 5.69 Å². The van der Waals surface area contributed by atoms with E-state index in [0.717, 1.165) is 21.3 Å². The molecule has 23 heavy (non-hydrogen) atoms. The number of hydrogen-bond donors (Lipinski definition) is 2. The van der Waals surface area contributed by atoms with Gasteiger partial charge in [0.15, 0.2) is 0 Å². The molecule has 2 aromatic carbocycles. The number of benzene rings is 2. The maximum Gasteiger partial charge on any atom is 0.354 e. The van der Waals surface area contributed by atoms with E-state index in [1.54, 1.807) is 6.92 Å². The fourth-order valence-corrected chi connectivity index (χ4v) is 2.71. The number of rotatable bonds is 3. The Labute approximate surface area is 143 Å². The molecule has 0 fully saturated rings. The normalized spacial score (nSPS) is 16.3. The Morgan fingerprint density at radius 2 is 1.87 bits per heavy atom. The second-order valence-corrected chi connectivity index (χ2v) is 6.05. The number of ether oxygens (including phenoxy) is 1. The topological polar surface area (TPSA) is 50.4 Å². The smallest absolute Gasteiger partial charge is 0.354 e. The zero-order valence-electron chi connectivity index (χ0n) is 12.7. The van der Waals surface area contributed by atoms with Crippen LogP contribution in [0, 0.1) is 0 Å². The van der Waals surface area contributed by atoms with Crippen molar-refractivity contribution in [3.05, 3.63) is 69.8 Å². The van der Waals surface area contributed by atoms with Gasteiger partial charge in [0, 0.05) is 10.2 Å². The minimum absolute atomic E-state index is 0.220. The summed E-state index contributed by atoms with van der Waals surface area (Å²) in [5.41, 5.74) is 3.38.